The molecule has 13 heavy (non-hydrogen) atoms. The quantitative estimate of drug-likeness (QED) is 0.527. The summed E-state index contributed by atoms with van der Waals surface area (Å²) in [5.74, 6) is 0. The average molecular weight is 167 g/mol. The van der Waals surface area contributed by atoms with Gasteiger partial charge >= 0.3 is 0 Å². The smallest absolute Gasteiger partial charge is 0.142 e. The SMILES string of the molecule is [B]c1cc(C#N)nc2c1ccn2C. The largest absolute Gasteiger partial charge is 0.336 e. The lowest BCUT2D eigenvalue weighted by Gasteiger charge is -1.98. The number of nitriles is 1. The van der Waals surface area contributed by atoms with E-state index < -0.39 is 0 Å². The molecule has 4 heteroatoms. The zero-order chi connectivity index (χ0) is 9.42. The molecule has 0 N–H and O–H groups in total. The van der Waals surface area contributed by atoms with Crippen molar-refractivity contribution in [3.05, 3.63) is 24.0 Å². The van der Waals surface area contributed by atoms with Gasteiger partial charge in [-0.3, -0.25) is 0 Å². The van der Waals surface area contributed by atoms with E-state index in [0.717, 1.165) is 11.0 Å². The standard InChI is InChI=1S/C9H6BN3/c1-13-3-2-7-8(10)4-6(5-11)12-9(7)13/h2-4H,1H3. The predicted octanol–water partition coefficient (Wildman–Crippen LogP) is 0.239. The molecule has 0 fully saturated rings. The predicted molar refractivity (Wildman–Crippen MR) is 50.8 cm³/mol. The third-order valence-electron chi connectivity index (χ3n) is 1.98. The molecular formula is C9H6BN3. The summed E-state index contributed by atoms with van der Waals surface area (Å²) in [5, 5.41) is 9.56. The highest BCUT2D eigenvalue weighted by Gasteiger charge is 2.03. The van der Waals surface area contributed by atoms with Crippen LogP contribution in [0.15, 0.2) is 18.3 Å². The number of rotatable bonds is 0. The Hall–Kier alpha value is -1.76. The monoisotopic (exact) mass is 167 g/mol. The summed E-state index contributed by atoms with van der Waals surface area (Å²) in [6.07, 6.45) is 1.87. The average Bonchev–Trinajstić information content (AvgIpc) is 2.48. The number of fused-ring (bicyclic) bond motifs is 1. The fourth-order valence-electron chi connectivity index (χ4n) is 1.31. The van der Waals surface area contributed by atoms with Crippen molar-refractivity contribution in [1.29, 1.82) is 5.26 Å². The molecule has 2 aromatic rings. The number of pyridine rings is 1. The molecule has 3 nitrogen and oxygen atoms in total. The van der Waals surface area contributed by atoms with Gasteiger partial charge in [0.15, 0.2) is 0 Å². The molecule has 2 heterocycles. The first-order valence-electron chi connectivity index (χ1n) is 3.84. The van der Waals surface area contributed by atoms with Gasteiger partial charge in [0.25, 0.3) is 0 Å². The van der Waals surface area contributed by atoms with E-state index in [-0.39, 0.29) is 0 Å². The van der Waals surface area contributed by atoms with E-state index in [1.54, 1.807) is 6.07 Å². The summed E-state index contributed by atoms with van der Waals surface area (Å²) >= 11 is 0. The molecule has 0 amide bonds. The maximum atomic E-state index is 8.67. The van der Waals surface area contributed by atoms with Gasteiger partial charge in [-0.05, 0) is 12.1 Å². The molecule has 2 rings (SSSR count). The molecule has 0 aromatic carbocycles. The van der Waals surface area contributed by atoms with Gasteiger partial charge in [-0.1, -0.05) is 5.46 Å². The fraction of sp³-hybridized carbons (Fsp3) is 0.111. The summed E-state index contributed by atoms with van der Waals surface area (Å²) in [6.45, 7) is 0. The highest BCUT2D eigenvalue weighted by atomic mass is 15.0. The van der Waals surface area contributed by atoms with E-state index >= 15 is 0 Å². The van der Waals surface area contributed by atoms with Gasteiger partial charge in [0.1, 0.15) is 25.3 Å². The van der Waals surface area contributed by atoms with Gasteiger partial charge in [-0.2, -0.15) is 5.26 Å². The van der Waals surface area contributed by atoms with Crippen LogP contribution in [-0.4, -0.2) is 17.4 Å². The molecule has 0 bridgehead atoms. The maximum absolute atomic E-state index is 8.67. The van der Waals surface area contributed by atoms with E-state index in [4.69, 9.17) is 13.1 Å². The van der Waals surface area contributed by atoms with Crippen LogP contribution in [0.2, 0.25) is 0 Å². The molecule has 2 radical (unpaired) electrons. The Labute approximate surface area is 77.0 Å². The minimum atomic E-state index is 0.354. The highest BCUT2D eigenvalue weighted by Crippen LogP contribution is 2.09. The van der Waals surface area contributed by atoms with Gasteiger partial charge < -0.3 is 4.57 Å². The minimum absolute atomic E-state index is 0.354. The molecule has 0 aliphatic carbocycles. The number of aromatic nitrogens is 2. The Morgan fingerprint density at radius 3 is 3.08 bits per heavy atom. The lowest BCUT2D eigenvalue weighted by atomic mass is 9.93. The first-order valence-corrected chi connectivity index (χ1v) is 3.84. The zero-order valence-corrected chi connectivity index (χ0v) is 7.15. The molecule has 0 aliphatic rings. The summed E-state index contributed by atoms with van der Waals surface area (Å²) in [7, 11) is 7.61. The van der Waals surface area contributed by atoms with Crippen molar-refractivity contribution in [1.82, 2.24) is 9.55 Å². The Morgan fingerprint density at radius 1 is 1.62 bits per heavy atom. The topological polar surface area (TPSA) is 41.6 Å². The Bertz CT molecular complexity index is 507. The Morgan fingerprint density at radius 2 is 2.38 bits per heavy atom. The van der Waals surface area contributed by atoms with Crippen molar-refractivity contribution in [2.24, 2.45) is 7.05 Å². The van der Waals surface area contributed by atoms with Gasteiger partial charge in [0, 0.05) is 18.6 Å². The van der Waals surface area contributed by atoms with E-state index in [2.05, 4.69) is 4.98 Å². The molecule has 0 unspecified atom stereocenters. The highest BCUT2D eigenvalue weighted by molar-refractivity contribution is 6.38. The van der Waals surface area contributed by atoms with Crippen LogP contribution in [0, 0.1) is 11.3 Å². The molecule has 0 atom stereocenters. The fourth-order valence-corrected chi connectivity index (χ4v) is 1.31. The number of aryl methyl sites for hydroxylation is 1. The first kappa shape index (κ1) is 7.87. The third-order valence-corrected chi connectivity index (χ3v) is 1.98. The Balaban J connectivity index is 2.90. The van der Waals surface area contributed by atoms with E-state index in [1.807, 2.05) is 29.9 Å². The van der Waals surface area contributed by atoms with Crippen LogP contribution in [0.3, 0.4) is 0 Å². The second kappa shape index (κ2) is 2.63. The normalized spacial score (nSPS) is 10.2. The van der Waals surface area contributed by atoms with Crippen LogP contribution in [0.1, 0.15) is 5.69 Å². The van der Waals surface area contributed by atoms with Crippen molar-refractivity contribution in [2.45, 2.75) is 0 Å². The Kier molecular flexibility index (Phi) is 1.59. The summed E-state index contributed by atoms with van der Waals surface area (Å²) < 4.78 is 1.84. The molecule has 0 spiro atoms. The summed E-state index contributed by atoms with van der Waals surface area (Å²) in [5.41, 5.74) is 1.70. The van der Waals surface area contributed by atoms with Gasteiger partial charge in [0.05, 0.1) is 0 Å². The molecule has 2 aromatic heterocycles. The number of nitrogens with zero attached hydrogens (tertiary/aromatic N) is 3. The van der Waals surface area contributed by atoms with Crippen molar-refractivity contribution in [3.8, 4) is 6.07 Å². The van der Waals surface area contributed by atoms with E-state index in [9.17, 15) is 0 Å². The van der Waals surface area contributed by atoms with Crippen molar-refractivity contribution >= 4 is 24.3 Å². The van der Waals surface area contributed by atoms with Crippen LogP contribution in [-0.2, 0) is 7.05 Å². The van der Waals surface area contributed by atoms with E-state index in [1.165, 1.54) is 0 Å². The summed E-state index contributed by atoms with van der Waals surface area (Å²) in [4.78, 5) is 4.14. The van der Waals surface area contributed by atoms with Crippen LogP contribution in [0.4, 0.5) is 0 Å². The second-order valence-corrected chi connectivity index (χ2v) is 2.87. The second-order valence-electron chi connectivity index (χ2n) is 2.87. The van der Waals surface area contributed by atoms with Crippen molar-refractivity contribution < 1.29 is 0 Å². The van der Waals surface area contributed by atoms with Crippen LogP contribution in [0.25, 0.3) is 11.0 Å². The summed E-state index contributed by atoms with van der Waals surface area (Å²) in [6, 6.07) is 5.45. The van der Waals surface area contributed by atoms with E-state index in [0.29, 0.717) is 11.2 Å². The molecule has 0 aliphatic heterocycles. The van der Waals surface area contributed by atoms with Gasteiger partial charge in [-0.15, -0.1) is 0 Å². The van der Waals surface area contributed by atoms with Crippen molar-refractivity contribution in [3.63, 3.8) is 0 Å². The number of hydrogen-bond acceptors (Lipinski definition) is 2. The van der Waals surface area contributed by atoms with Crippen LogP contribution in [0.5, 0.6) is 0 Å². The van der Waals surface area contributed by atoms with Gasteiger partial charge in [0.2, 0.25) is 0 Å². The first-order chi connectivity index (χ1) is 6.22. The molecule has 0 saturated heterocycles. The lowest BCUT2D eigenvalue weighted by Crippen LogP contribution is -2.06. The van der Waals surface area contributed by atoms with Crippen LogP contribution < -0.4 is 5.46 Å². The molecule has 60 valence electrons. The zero-order valence-electron chi connectivity index (χ0n) is 7.15. The maximum Gasteiger partial charge on any atom is 0.142 e. The van der Waals surface area contributed by atoms with Gasteiger partial charge in [-0.25, -0.2) is 4.98 Å². The van der Waals surface area contributed by atoms with Crippen LogP contribution >= 0.6 is 0 Å². The third kappa shape index (κ3) is 1.09. The number of hydrogen-bond donors (Lipinski definition) is 0. The minimum Gasteiger partial charge on any atom is -0.336 e. The van der Waals surface area contributed by atoms with Crippen molar-refractivity contribution in [2.75, 3.05) is 0 Å². The molecular weight excluding hydrogens is 161 g/mol. The molecule has 0 saturated carbocycles. The lowest BCUT2D eigenvalue weighted by molar-refractivity contribution is 0.947.